The topological polar surface area (TPSA) is 46.0 Å². The number of rotatable bonds is 4. The van der Waals surface area contributed by atoms with Gasteiger partial charge in [0.15, 0.2) is 0 Å². The van der Waals surface area contributed by atoms with E-state index in [9.17, 15) is 0 Å². The third-order valence-electron chi connectivity index (χ3n) is 4.00. The van der Waals surface area contributed by atoms with Crippen molar-refractivity contribution in [2.45, 2.75) is 6.92 Å². The Morgan fingerprint density at radius 1 is 1.12 bits per heavy atom. The first-order chi connectivity index (χ1) is 12.7. The van der Waals surface area contributed by atoms with E-state index in [1.54, 1.807) is 7.11 Å². The third-order valence-corrected chi connectivity index (χ3v) is 9.36. The van der Waals surface area contributed by atoms with Crippen LogP contribution in [0.5, 0.6) is 5.75 Å². The number of anilines is 1. The first-order valence-corrected chi connectivity index (χ1v) is 11.8. The molecule has 2 aromatic rings. The van der Waals surface area contributed by atoms with Crippen molar-refractivity contribution in [3.63, 3.8) is 0 Å². The van der Waals surface area contributed by atoms with Crippen LogP contribution < -0.4 is 10.1 Å². The molecule has 0 aromatic heterocycles. The molecule has 0 amide bonds. The number of nitrogens with zero attached hydrogens (tertiary/aromatic N) is 2. The molecule has 0 saturated carbocycles. The summed E-state index contributed by atoms with van der Waals surface area (Å²) in [6.45, 7) is 2.03. The standard InChI is InChI=1S/C20H17ClIN3O/c1-13-19-22(10-11-23-13)20(24-16-8-6-15(21)7-9-16)18(25-19)14-4-3-5-17(12-14)26-2/h3-12,24H,1-2H3. The van der Waals surface area contributed by atoms with Crippen molar-refractivity contribution in [3.8, 4) is 5.75 Å². The minimum atomic E-state index is -1.77. The van der Waals surface area contributed by atoms with Crippen LogP contribution in [0.1, 0.15) is 12.5 Å². The second kappa shape index (κ2) is 7.25. The van der Waals surface area contributed by atoms with E-state index in [2.05, 4.69) is 20.5 Å². The van der Waals surface area contributed by atoms with Gasteiger partial charge < -0.3 is 0 Å². The Morgan fingerprint density at radius 3 is 2.69 bits per heavy atom. The van der Waals surface area contributed by atoms with Gasteiger partial charge in [-0.05, 0) is 0 Å². The van der Waals surface area contributed by atoms with Crippen molar-refractivity contribution < 1.29 is 4.74 Å². The number of nitrogens with one attached hydrogen (secondary N) is 1. The summed E-state index contributed by atoms with van der Waals surface area (Å²) in [7, 11) is 1.68. The van der Waals surface area contributed by atoms with Gasteiger partial charge in [0.1, 0.15) is 0 Å². The van der Waals surface area contributed by atoms with E-state index in [0.29, 0.717) is 0 Å². The van der Waals surface area contributed by atoms with E-state index < -0.39 is 19.8 Å². The monoisotopic (exact) mass is 477 g/mol. The summed E-state index contributed by atoms with van der Waals surface area (Å²) in [5, 5.41) is 4.33. The van der Waals surface area contributed by atoms with Crippen molar-refractivity contribution in [1.29, 1.82) is 0 Å². The van der Waals surface area contributed by atoms with Crippen molar-refractivity contribution in [3.05, 3.63) is 73.1 Å². The van der Waals surface area contributed by atoms with Crippen LogP contribution in [-0.2, 0) is 0 Å². The first-order valence-electron chi connectivity index (χ1n) is 8.05. The molecule has 2 aromatic carbocycles. The summed E-state index contributed by atoms with van der Waals surface area (Å²) < 4.78 is 9.93. The van der Waals surface area contributed by atoms with Crippen LogP contribution in [0.25, 0.3) is 5.70 Å². The molecule has 4 rings (SSSR count). The Bertz CT molecular complexity index is 977. The van der Waals surface area contributed by atoms with Crippen LogP contribution in [-0.4, -0.2) is 16.5 Å². The molecule has 0 bridgehead atoms. The molecule has 1 N–H and O–H groups in total. The number of hydrogen-bond donors (Lipinski definition) is 1. The summed E-state index contributed by atoms with van der Waals surface area (Å²) in [6.07, 6.45) is 1.91. The van der Waals surface area contributed by atoms with Gasteiger partial charge in [-0.1, -0.05) is 0 Å². The molecule has 0 fully saturated rings. The summed E-state index contributed by atoms with van der Waals surface area (Å²) in [5.41, 5.74) is 4.03. The van der Waals surface area contributed by atoms with Crippen LogP contribution in [0.4, 0.5) is 5.69 Å². The van der Waals surface area contributed by atoms with Crippen molar-refractivity contribution >= 4 is 52.2 Å². The van der Waals surface area contributed by atoms with E-state index in [4.69, 9.17) is 21.3 Å². The minimum absolute atomic E-state index is 0.722. The predicted molar refractivity (Wildman–Crippen MR) is 119 cm³/mol. The number of aliphatic imine (C=N–C) groups is 2. The number of fused-ring (bicyclic) bond motifs is 1. The quantitative estimate of drug-likeness (QED) is 0.437. The van der Waals surface area contributed by atoms with E-state index in [1.165, 1.54) is 3.70 Å². The van der Waals surface area contributed by atoms with Crippen LogP contribution in [0.3, 0.4) is 0 Å². The summed E-state index contributed by atoms with van der Waals surface area (Å²) in [4.78, 5) is 9.41. The fraction of sp³-hybridized carbons (Fsp3) is 0.100. The molecular formula is C20H17ClIN3O. The van der Waals surface area contributed by atoms with Crippen LogP contribution >= 0.6 is 31.4 Å². The zero-order chi connectivity index (χ0) is 18.1. The van der Waals surface area contributed by atoms with Gasteiger partial charge in [0.2, 0.25) is 0 Å². The number of ether oxygens (including phenoxy) is 1. The number of methoxy groups -OCH3 is 1. The zero-order valence-corrected chi connectivity index (χ0v) is 17.2. The van der Waals surface area contributed by atoms with Gasteiger partial charge in [0.25, 0.3) is 0 Å². The SMILES string of the molecule is COc1cccc(C2=C(Nc3ccc(Cl)cc3)I3C=CN=C(C)C3=N2)c1. The van der Waals surface area contributed by atoms with Crippen molar-refractivity contribution in [2.24, 2.45) is 9.98 Å². The molecule has 2 aliphatic rings. The van der Waals surface area contributed by atoms with Gasteiger partial charge in [-0.15, -0.1) is 0 Å². The molecule has 2 heterocycles. The first kappa shape index (κ1) is 17.3. The molecular weight excluding hydrogens is 461 g/mol. The maximum atomic E-state index is 6.02. The Morgan fingerprint density at radius 2 is 1.92 bits per heavy atom. The second-order valence-electron chi connectivity index (χ2n) is 5.73. The second-order valence-corrected chi connectivity index (χ2v) is 10.8. The maximum absolute atomic E-state index is 6.02. The average molecular weight is 478 g/mol. The number of benzene rings is 2. The fourth-order valence-electron chi connectivity index (χ4n) is 2.71. The van der Waals surface area contributed by atoms with Crippen LogP contribution in [0, 0.1) is 0 Å². The van der Waals surface area contributed by atoms with Gasteiger partial charge >= 0.3 is 165 Å². The molecule has 2 aliphatic heterocycles. The Balaban J connectivity index is 1.80. The van der Waals surface area contributed by atoms with Gasteiger partial charge in [0, 0.05) is 0 Å². The fourth-order valence-corrected chi connectivity index (χ4v) is 7.60. The van der Waals surface area contributed by atoms with Gasteiger partial charge in [0.05, 0.1) is 0 Å². The van der Waals surface area contributed by atoms with E-state index >= 15 is 0 Å². The van der Waals surface area contributed by atoms with Gasteiger partial charge in [-0.2, -0.15) is 0 Å². The van der Waals surface area contributed by atoms with E-state index in [1.807, 2.05) is 55.6 Å². The van der Waals surface area contributed by atoms with Gasteiger partial charge in [-0.25, -0.2) is 0 Å². The average Bonchev–Trinajstić information content (AvgIpc) is 3.04. The molecule has 0 spiro atoms. The zero-order valence-electron chi connectivity index (χ0n) is 14.3. The summed E-state index contributed by atoms with van der Waals surface area (Å²) in [5.74, 6) is 0.820. The van der Waals surface area contributed by atoms with Crippen LogP contribution in [0.15, 0.2) is 72.5 Å². The number of halogens is 2. The molecule has 0 radical (unpaired) electrons. The molecule has 0 atom stereocenters. The third kappa shape index (κ3) is 3.29. The number of hydrogen-bond acceptors (Lipinski definition) is 4. The Kier molecular flexibility index (Phi) is 4.82. The summed E-state index contributed by atoms with van der Waals surface area (Å²) >= 11 is 4.25. The molecule has 6 heteroatoms. The van der Waals surface area contributed by atoms with Crippen molar-refractivity contribution in [2.75, 3.05) is 12.4 Å². The molecule has 132 valence electrons. The molecule has 4 nitrogen and oxygen atoms in total. The van der Waals surface area contributed by atoms with E-state index in [-0.39, 0.29) is 0 Å². The Hall–Kier alpha value is -2.12. The molecule has 0 saturated heterocycles. The van der Waals surface area contributed by atoms with Crippen LogP contribution in [0.2, 0.25) is 5.02 Å². The van der Waals surface area contributed by atoms with Gasteiger partial charge in [-0.3, -0.25) is 0 Å². The molecule has 26 heavy (non-hydrogen) atoms. The summed E-state index contributed by atoms with van der Waals surface area (Å²) in [6, 6.07) is 15.8. The normalized spacial score (nSPS) is 17.0. The molecule has 0 aliphatic carbocycles. The predicted octanol–water partition coefficient (Wildman–Crippen LogP) is 5.95. The van der Waals surface area contributed by atoms with Crippen molar-refractivity contribution in [1.82, 2.24) is 0 Å². The molecule has 0 unspecified atom stereocenters. The Labute approximate surface area is 164 Å². The van der Waals surface area contributed by atoms with E-state index in [0.717, 1.165) is 37.2 Å².